The van der Waals surface area contributed by atoms with Gasteiger partial charge in [0.15, 0.2) is 5.82 Å². The number of aromatic carboxylic acids is 1. The van der Waals surface area contributed by atoms with Crippen molar-refractivity contribution in [1.82, 2.24) is 9.97 Å². The third-order valence-corrected chi connectivity index (χ3v) is 2.69. The topological polar surface area (TPSA) is 63.1 Å². The van der Waals surface area contributed by atoms with Gasteiger partial charge in [-0.25, -0.2) is 19.2 Å². The summed E-state index contributed by atoms with van der Waals surface area (Å²) in [4.78, 5) is 19.4. The van der Waals surface area contributed by atoms with E-state index in [1.807, 2.05) is 6.92 Å². The van der Waals surface area contributed by atoms with E-state index in [2.05, 4.69) is 9.97 Å². The normalized spacial score (nSPS) is 10.4. The van der Waals surface area contributed by atoms with Crippen LogP contribution in [0, 0.1) is 5.82 Å². The molecule has 98 valence electrons. The summed E-state index contributed by atoms with van der Waals surface area (Å²) >= 11 is 0. The van der Waals surface area contributed by atoms with Crippen molar-refractivity contribution in [3.8, 4) is 11.4 Å². The van der Waals surface area contributed by atoms with Crippen molar-refractivity contribution in [3.05, 3.63) is 47.5 Å². The minimum Gasteiger partial charge on any atom is -0.478 e. The summed E-state index contributed by atoms with van der Waals surface area (Å²) in [6, 6.07) is 5.79. The molecule has 2 rings (SSSR count). The largest absolute Gasteiger partial charge is 0.478 e. The van der Waals surface area contributed by atoms with Gasteiger partial charge in [-0.05, 0) is 30.7 Å². The van der Waals surface area contributed by atoms with Crippen molar-refractivity contribution in [3.63, 3.8) is 0 Å². The summed E-state index contributed by atoms with van der Waals surface area (Å²) in [7, 11) is 0. The van der Waals surface area contributed by atoms with Crippen molar-refractivity contribution in [2.45, 2.75) is 19.8 Å². The van der Waals surface area contributed by atoms with Crippen LogP contribution in [0.5, 0.6) is 0 Å². The van der Waals surface area contributed by atoms with Crippen LogP contribution in [-0.4, -0.2) is 21.0 Å². The first kappa shape index (κ1) is 13.1. The molecule has 5 heteroatoms. The maximum Gasteiger partial charge on any atom is 0.339 e. The molecule has 0 fully saturated rings. The zero-order valence-electron chi connectivity index (χ0n) is 10.4. The molecule has 0 saturated carbocycles. The second kappa shape index (κ2) is 5.56. The van der Waals surface area contributed by atoms with Gasteiger partial charge < -0.3 is 5.11 Å². The molecule has 0 aliphatic rings. The van der Waals surface area contributed by atoms with Gasteiger partial charge in [0.05, 0.1) is 11.3 Å². The number of hydrogen-bond donors (Lipinski definition) is 1. The maximum absolute atomic E-state index is 12.9. The van der Waals surface area contributed by atoms with E-state index >= 15 is 0 Å². The molecule has 1 aromatic carbocycles. The lowest BCUT2D eigenvalue weighted by Gasteiger charge is -2.06. The zero-order valence-corrected chi connectivity index (χ0v) is 10.4. The molecule has 1 N–H and O–H groups in total. The fourth-order valence-corrected chi connectivity index (χ4v) is 1.76. The number of carbonyl (C=O) groups is 1. The summed E-state index contributed by atoms with van der Waals surface area (Å²) < 4.78 is 12.9. The number of carboxylic acids is 1. The molecule has 0 amide bonds. The predicted octanol–water partition coefficient (Wildman–Crippen LogP) is 2.93. The quantitative estimate of drug-likeness (QED) is 0.918. The Morgan fingerprint density at radius 2 is 2.00 bits per heavy atom. The summed E-state index contributed by atoms with van der Waals surface area (Å²) in [5.74, 6) is -0.956. The lowest BCUT2D eigenvalue weighted by molar-refractivity contribution is 0.0694. The molecule has 0 unspecified atom stereocenters. The molecule has 0 bridgehead atoms. The molecule has 0 aliphatic heterocycles. The lowest BCUT2D eigenvalue weighted by atomic mass is 10.1. The highest BCUT2D eigenvalue weighted by Gasteiger charge is 2.13. The van der Waals surface area contributed by atoms with E-state index in [1.165, 1.54) is 18.3 Å². The average Bonchev–Trinajstić information content (AvgIpc) is 2.39. The molecule has 1 heterocycles. The Morgan fingerprint density at radius 1 is 1.32 bits per heavy atom. The Bertz CT molecular complexity index is 597. The van der Waals surface area contributed by atoms with E-state index in [1.54, 1.807) is 12.1 Å². The first-order chi connectivity index (χ1) is 9.11. The Labute approximate surface area is 110 Å². The number of rotatable bonds is 4. The number of aromatic nitrogens is 2. The fourth-order valence-electron chi connectivity index (χ4n) is 1.76. The van der Waals surface area contributed by atoms with E-state index in [0.29, 0.717) is 23.5 Å². The van der Waals surface area contributed by atoms with Gasteiger partial charge in [-0.15, -0.1) is 0 Å². The van der Waals surface area contributed by atoms with Gasteiger partial charge in [0, 0.05) is 11.8 Å². The number of halogens is 1. The van der Waals surface area contributed by atoms with Crippen molar-refractivity contribution < 1.29 is 14.3 Å². The van der Waals surface area contributed by atoms with Crippen molar-refractivity contribution in [1.29, 1.82) is 0 Å². The van der Waals surface area contributed by atoms with Crippen LogP contribution in [0.15, 0.2) is 30.5 Å². The van der Waals surface area contributed by atoms with Gasteiger partial charge >= 0.3 is 5.97 Å². The van der Waals surface area contributed by atoms with Crippen LogP contribution in [0.25, 0.3) is 11.4 Å². The monoisotopic (exact) mass is 260 g/mol. The second-order valence-electron chi connectivity index (χ2n) is 4.12. The molecule has 0 atom stereocenters. The molecular weight excluding hydrogens is 247 g/mol. The first-order valence-electron chi connectivity index (χ1n) is 5.97. The van der Waals surface area contributed by atoms with Crippen LogP contribution in [-0.2, 0) is 6.42 Å². The lowest BCUT2D eigenvalue weighted by Crippen LogP contribution is -2.07. The van der Waals surface area contributed by atoms with Gasteiger partial charge in [0.25, 0.3) is 0 Å². The Morgan fingerprint density at radius 3 is 2.58 bits per heavy atom. The smallest absolute Gasteiger partial charge is 0.339 e. The average molecular weight is 260 g/mol. The minimum atomic E-state index is -1.03. The highest BCUT2D eigenvalue weighted by molar-refractivity contribution is 5.88. The Balaban J connectivity index is 2.45. The van der Waals surface area contributed by atoms with E-state index in [-0.39, 0.29) is 11.4 Å². The third-order valence-electron chi connectivity index (χ3n) is 2.69. The molecule has 0 aliphatic carbocycles. The van der Waals surface area contributed by atoms with E-state index in [0.717, 1.165) is 6.42 Å². The SMILES string of the molecule is CCCc1nc(-c2ccc(F)cc2)ncc1C(=O)O. The van der Waals surface area contributed by atoms with Crippen molar-refractivity contribution >= 4 is 5.97 Å². The molecule has 0 spiro atoms. The Kier molecular flexibility index (Phi) is 3.85. The third kappa shape index (κ3) is 2.93. The van der Waals surface area contributed by atoms with Crippen LogP contribution < -0.4 is 0 Å². The predicted molar refractivity (Wildman–Crippen MR) is 68.4 cm³/mol. The summed E-state index contributed by atoms with van der Waals surface area (Å²) in [6.45, 7) is 1.95. The van der Waals surface area contributed by atoms with E-state index in [4.69, 9.17) is 5.11 Å². The van der Waals surface area contributed by atoms with Gasteiger partial charge in [0.1, 0.15) is 5.82 Å². The Hall–Kier alpha value is -2.30. The first-order valence-corrected chi connectivity index (χ1v) is 5.97. The molecular formula is C14H13FN2O2. The van der Waals surface area contributed by atoms with Crippen LogP contribution in [0.4, 0.5) is 4.39 Å². The summed E-state index contributed by atoms with van der Waals surface area (Å²) in [5, 5.41) is 9.06. The molecule has 4 nitrogen and oxygen atoms in total. The van der Waals surface area contributed by atoms with Crippen molar-refractivity contribution in [2.24, 2.45) is 0 Å². The maximum atomic E-state index is 12.9. The van der Waals surface area contributed by atoms with E-state index in [9.17, 15) is 9.18 Å². The van der Waals surface area contributed by atoms with Crippen LogP contribution in [0.2, 0.25) is 0 Å². The van der Waals surface area contributed by atoms with Gasteiger partial charge in [-0.1, -0.05) is 13.3 Å². The van der Waals surface area contributed by atoms with Crippen LogP contribution in [0.1, 0.15) is 29.4 Å². The molecule has 0 saturated heterocycles. The van der Waals surface area contributed by atoms with E-state index < -0.39 is 5.97 Å². The number of benzene rings is 1. The van der Waals surface area contributed by atoms with Crippen LogP contribution >= 0.6 is 0 Å². The highest BCUT2D eigenvalue weighted by atomic mass is 19.1. The standard InChI is InChI=1S/C14H13FN2O2/c1-2-3-12-11(14(18)19)8-16-13(17-12)9-4-6-10(15)7-5-9/h4-8H,2-3H2,1H3,(H,18,19). The number of hydrogen-bond acceptors (Lipinski definition) is 3. The fraction of sp³-hybridized carbons (Fsp3) is 0.214. The molecule has 0 radical (unpaired) electrons. The van der Waals surface area contributed by atoms with Crippen molar-refractivity contribution in [2.75, 3.05) is 0 Å². The second-order valence-corrected chi connectivity index (χ2v) is 4.12. The molecule has 2 aromatic rings. The van der Waals surface area contributed by atoms with Gasteiger partial charge in [-0.3, -0.25) is 0 Å². The summed E-state index contributed by atoms with van der Waals surface area (Å²) in [5.41, 5.74) is 1.28. The molecule has 19 heavy (non-hydrogen) atoms. The number of carboxylic acid groups (broad SMARTS) is 1. The number of nitrogens with zero attached hydrogens (tertiary/aromatic N) is 2. The van der Waals surface area contributed by atoms with Crippen LogP contribution in [0.3, 0.4) is 0 Å². The minimum absolute atomic E-state index is 0.118. The number of aryl methyl sites for hydroxylation is 1. The van der Waals surface area contributed by atoms with Gasteiger partial charge in [-0.2, -0.15) is 0 Å². The highest BCUT2D eigenvalue weighted by Crippen LogP contribution is 2.18. The molecule has 1 aromatic heterocycles. The van der Waals surface area contributed by atoms with Gasteiger partial charge in [0.2, 0.25) is 0 Å². The zero-order chi connectivity index (χ0) is 13.8. The summed E-state index contributed by atoms with van der Waals surface area (Å²) in [6.07, 6.45) is 2.66.